The smallest absolute Gasteiger partial charge is 0.446 e. The van der Waals surface area contributed by atoms with E-state index in [1.165, 1.54) is 30.3 Å². The van der Waals surface area contributed by atoms with E-state index in [9.17, 15) is 33.6 Å². The molecule has 3 rings (SSSR count). The second kappa shape index (κ2) is 9.91. The molecule has 2 aromatic rings. The summed E-state index contributed by atoms with van der Waals surface area (Å²) in [5, 5.41) is 48.8. The largest absolute Gasteiger partial charge is 0.508 e. The van der Waals surface area contributed by atoms with E-state index in [4.69, 9.17) is 19.1 Å². The highest BCUT2D eigenvalue weighted by Gasteiger charge is 2.48. The summed E-state index contributed by atoms with van der Waals surface area (Å²) in [6, 6.07) is 10.1. The van der Waals surface area contributed by atoms with Gasteiger partial charge in [0.05, 0.1) is 0 Å². The van der Waals surface area contributed by atoms with Crippen LogP contribution in [0.1, 0.15) is 11.1 Å². The van der Waals surface area contributed by atoms with E-state index in [1.807, 2.05) is 0 Å². The third kappa shape index (κ3) is 6.54. The Labute approximate surface area is 188 Å². The van der Waals surface area contributed by atoms with Crippen LogP contribution in [0.4, 0.5) is 0 Å². The monoisotopic (exact) mass is 486 g/mol. The molecule has 12 nitrogen and oxygen atoms in total. The Morgan fingerprint density at radius 1 is 0.909 bits per heavy atom. The molecule has 180 valence electrons. The van der Waals surface area contributed by atoms with Crippen LogP contribution < -0.4 is 8.92 Å². The Kier molecular flexibility index (Phi) is 7.41. The normalized spacial score (nSPS) is 25.4. The van der Waals surface area contributed by atoms with E-state index in [-0.39, 0.29) is 17.2 Å². The summed E-state index contributed by atoms with van der Waals surface area (Å²) >= 11 is 0. The van der Waals surface area contributed by atoms with E-state index >= 15 is 0 Å². The van der Waals surface area contributed by atoms with Crippen molar-refractivity contribution in [1.29, 1.82) is 0 Å². The Hall–Kier alpha value is -2.94. The van der Waals surface area contributed by atoms with Crippen molar-refractivity contribution >= 4 is 16.4 Å². The quantitative estimate of drug-likeness (QED) is 0.265. The maximum Gasteiger partial charge on any atom is 0.446 e. The van der Waals surface area contributed by atoms with E-state index in [0.29, 0.717) is 18.4 Å². The summed E-state index contributed by atoms with van der Waals surface area (Å²) in [6.45, 7) is 0. The molecular formula is C20H22O12S. The Morgan fingerprint density at radius 3 is 2.15 bits per heavy atom. The van der Waals surface area contributed by atoms with Crippen LogP contribution >= 0.6 is 0 Å². The second-order valence-electron chi connectivity index (χ2n) is 7.34. The van der Waals surface area contributed by atoms with E-state index in [1.54, 1.807) is 12.1 Å². The number of aromatic hydroxyl groups is 1. The van der Waals surface area contributed by atoms with Crippen LogP contribution in [-0.2, 0) is 32.8 Å². The topological polar surface area (TPSA) is 200 Å². The average Bonchev–Trinajstić information content (AvgIpc) is 2.72. The predicted octanol–water partition coefficient (Wildman–Crippen LogP) is -0.370. The zero-order chi connectivity index (χ0) is 24.3. The molecule has 1 aliphatic rings. The number of aryl methyl sites for hydroxylation is 2. The minimum absolute atomic E-state index is 0.0266. The molecule has 13 heteroatoms. The molecule has 0 aliphatic carbocycles. The number of rotatable bonds is 8. The number of phenols is 1. The molecule has 0 amide bonds. The second-order valence-corrected chi connectivity index (χ2v) is 8.37. The highest BCUT2D eigenvalue weighted by atomic mass is 32.3. The molecule has 0 saturated carbocycles. The van der Waals surface area contributed by atoms with Crippen LogP contribution in [0.2, 0.25) is 0 Å². The Morgan fingerprint density at radius 2 is 1.55 bits per heavy atom. The molecule has 0 spiro atoms. The summed E-state index contributed by atoms with van der Waals surface area (Å²) in [5.74, 6) is -1.77. The van der Waals surface area contributed by atoms with E-state index < -0.39 is 47.1 Å². The van der Waals surface area contributed by atoms with Gasteiger partial charge in [-0.15, -0.1) is 0 Å². The maximum absolute atomic E-state index is 11.2. The van der Waals surface area contributed by atoms with Gasteiger partial charge in [0.15, 0.2) is 6.10 Å². The lowest BCUT2D eigenvalue weighted by Crippen LogP contribution is -2.61. The lowest BCUT2D eigenvalue weighted by atomic mass is 9.99. The minimum atomic E-state index is -4.62. The zero-order valence-electron chi connectivity index (χ0n) is 16.9. The molecule has 1 heterocycles. The van der Waals surface area contributed by atoms with Crippen molar-refractivity contribution in [2.24, 2.45) is 0 Å². The fraction of sp³-hybridized carbons (Fsp3) is 0.350. The predicted molar refractivity (Wildman–Crippen MR) is 109 cm³/mol. The summed E-state index contributed by atoms with van der Waals surface area (Å²) < 4.78 is 45.0. The number of phenolic OH excluding ortho intramolecular Hbond substituents is 1. The number of carbonyl (C=O) groups is 1. The van der Waals surface area contributed by atoms with Crippen LogP contribution in [0.3, 0.4) is 0 Å². The first-order valence-electron chi connectivity index (χ1n) is 9.61. The first-order valence-corrected chi connectivity index (χ1v) is 11.0. The van der Waals surface area contributed by atoms with E-state index in [0.717, 1.165) is 5.56 Å². The summed E-state index contributed by atoms with van der Waals surface area (Å²) in [7, 11) is -4.62. The fourth-order valence-electron chi connectivity index (χ4n) is 3.26. The van der Waals surface area contributed by atoms with Gasteiger partial charge in [-0.25, -0.2) is 4.79 Å². The van der Waals surface area contributed by atoms with Gasteiger partial charge < -0.3 is 39.2 Å². The summed E-state index contributed by atoms with van der Waals surface area (Å²) in [5.41, 5.74) is 1.39. The molecule has 0 aromatic heterocycles. The Bertz CT molecular complexity index is 1080. The van der Waals surface area contributed by atoms with Gasteiger partial charge in [-0.2, -0.15) is 8.42 Å². The maximum atomic E-state index is 11.2. The van der Waals surface area contributed by atoms with Crippen molar-refractivity contribution in [3.63, 3.8) is 0 Å². The molecule has 0 radical (unpaired) electrons. The SMILES string of the molecule is O=C(O)[C@H]1O[C@@H](Oc2cc(O)cc(CCc3ccc(OS(=O)(=O)O)cc3)c2)[C@H](O)[C@@H](O)[C@@H]1O. The number of benzene rings is 2. The van der Waals surface area contributed by atoms with Crippen molar-refractivity contribution in [2.75, 3.05) is 0 Å². The van der Waals surface area contributed by atoms with Crippen LogP contribution in [0.15, 0.2) is 42.5 Å². The fourth-order valence-corrected chi connectivity index (χ4v) is 3.62. The Balaban J connectivity index is 1.67. The standard InChI is InChI=1S/C20H22O12S/c21-12-7-11(2-1-10-3-5-13(6-4-10)32-33(27,28)29)8-14(9-12)30-20-17(24)15(22)16(23)18(31-20)19(25)26/h3-9,15-18,20-24H,1-2H2,(H,25,26)(H,27,28,29)/t15-,16-,17+,18-,20+/m0/s1. The molecule has 5 atom stereocenters. The van der Waals surface area contributed by atoms with Gasteiger partial charge in [-0.1, -0.05) is 12.1 Å². The zero-order valence-corrected chi connectivity index (χ0v) is 17.7. The molecule has 6 N–H and O–H groups in total. The first kappa shape index (κ1) is 24.7. The van der Waals surface area contributed by atoms with Gasteiger partial charge in [0.25, 0.3) is 0 Å². The van der Waals surface area contributed by atoms with Crippen LogP contribution in [0, 0.1) is 0 Å². The molecule has 1 aliphatic heterocycles. The number of ether oxygens (including phenoxy) is 2. The first-order chi connectivity index (χ1) is 15.4. The van der Waals surface area contributed by atoms with Gasteiger partial charge >= 0.3 is 16.4 Å². The van der Waals surface area contributed by atoms with Gasteiger partial charge in [-0.05, 0) is 48.2 Å². The van der Waals surface area contributed by atoms with Crippen LogP contribution in [0.25, 0.3) is 0 Å². The summed E-state index contributed by atoms with van der Waals surface area (Å²) in [6.07, 6.45) is -8.00. The van der Waals surface area contributed by atoms with Gasteiger partial charge in [-0.3, -0.25) is 4.55 Å². The number of carboxylic acids is 1. The number of aliphatic hydroxyl groups excluding tert-OH is 3. The minimum Gasteiger partial charge on any atom is -0.508 e. The van der Waals surface area contributed by atoms with Gasteiger partial charge in [0, 0.05) is 6.07 Å². The molecule has 33 heavy (non-hydrogen) atoms. The van der Waals surface area contributed by atoms with Crippen molar-refractivity contribution < 1.29 is 57.0 Å². The molecule has 1 saturated heterocycles. The average molecular weight is 486 g/mol. The van der Waals surface area contributed by atoms with Crippen molar-refractivity contribution in [3.05, 3.63) is 53.6 Å². The molecule has 1 fully saturated rings. The van der Waals surface area contributed by atoms with Crippen molar-refractivity contribution in [3.8, 4) is 17.2 Å². The molecule has 0 unspecified atom stereocenters. The lowest BCUT2D eigenvalue weighted by Gasteiger charge is -2.38. The number of aliphatic carboxylic acids is 1. The highest BCUT2D eigenvalue weighted by Crippen LogP contribution is 2.28. The van der Waals surface area contributed by atoms with Crippen LogP contribution in [0.5, 0.6) is 17.2 Å². The number of hydrogen-bond donors (Lipinski definition) is 6. The number of hydrogen-bond acceptors (Lipinski definition) is 10. The molecule has 0 bridgehead atoms. The third-order valence-electron chi connectivity index (χ3n) is 4.84. The van der Waals surface area contributed by atoms with Gasteiger partial charge in [0.2, 0.25) is 6.29 Å². The van der Waals surface area contributed by atoms with Crippen molar-refractivity contribution in [2.45, 2.75) is 43.5 Å². The third-order valence-corrected chi connectivity index (χ3v) is 5.25. The van der Waals surface area contributed by atoms with Gasteiger partial charge in [0.1, 0.15) is 35.6 Å². The molecular weight excluding hydrogens is 464 g/mol. The van der Waals surface area contributed by atoms with Crippen molar-refractivity contribution in [1.82, 2.24) is 0 Å². The number of carboxylic acid groups (broad SMARTS) is 1. The summed E-state index contributed by atoms with van der Waals surface area (Å²) in [4.78, 5) is 11.2. The highest BCUT2D eigenvalue weighted by molar-refractivity contribution is 7.81. The molecule has 2 aromatic carbocycles. The van der Waals surface area contributed by atoms with Crippen LogP contribution in [-0.4, -0.2) is 75.2 Å². The van der Waals surface area contributed by atoms with E-state index in [2.05, 4.69) is 4.18 Å². The number of aliphatic hydroxyl groups is 3. The lowest BCUT2D eigenvalue weighted by molar-refractivity contribution is -0.271.